The van der Waals surface area contributed by atoms with Crippen LogP contribution in [0.3, 0.4) is 0 Å². The maximum Gasteiger partial charge on any atom is 0.255 e. The molecule has 10 heteroatoms. The van der Waals surface area contributed by atoms with Crippen LogP contribution in [-0.4, -0.2) is 56.2 Å². The van der Waals surface area contributed by atoms with E-state index in [0.29, 0.717) is 25.9 Å². The van der Waals surface area contributed by atoms with Gasteiger partial charge in [0.1, 0.15) is 0 Å². The number of carbonyl (C=O) groups excluding carboxylic acids is 2. The fraction of sp³-hybridized carbons (Fsp3) is 0.455. The molecule has 172 valence electrons. The molecule has 7 nitrogen and oxygen atoms in total. The van der Waals surface area contributed by atoms with Gasteiger partial charge in [-0.3, -0.25) is 9.59 Å². The van der Waals surface area contributed by atoms with Gasteiger partial charge in [0.15, 0.2) is 0 Å². The number of likely N-dealkylation sites (tertiary alicyclic amines) is 2. The first-order valence-corrected chi connectivity index (χ1v) is 13.5. The molecule has 0 spiro atoms. The van der Waals surface area contributed by atoms with Gasteiger partial charge in [-0.1, -0.05) is 17.7 Å². The Bertz CT molecular complexity index is 1090. The number of thiophene rings is 1. The molecule has 4 rings (SSSR count). The number of halogens is 1. The first-order chi connectivity index (χ1) is 15.4. The first kappa shape index (κ1) is 23.2. The van der Waals surface area contributed by atoms with Gasteiger partial charge >= 0.3 is 0 Å². The van der Waals surface area contributed by atoms with E-state index in [4.69, 9.17) is 11.6 Å². The van der Waals surface area contributed by atoms with Gasteiger partial charge < -0.3 is 9.80 Å². The highest BCUT2D eigenvalue weighted by molar-refractivity contribution is 7.89. The Balaban J connectivity index is 1.44. The molecule has 0 unspecified atom stereocenters. The van der Waals surface area contributed by atoms with Crippen molar-refractivity contribution in [2.24, 2.45) is 0 Å². The molecule has 2 fully saturated rings. The summed E-state index contributed by atoms with van der Waals surface area (Å²) in [5.41, 5.74) is 0.195. The standard InChI is InChI=1S/C22H26ClN3O4S2/c23-18-9-8-16(32(29,30)24-10-4-12-25-11-2-7-21(25)27)15-17(18)22(28)26-13-1-5-19(26)20-6-3-14-31-20/h3,6,8-9,14-15,19,24H,1-2,4-5,7,10-13H2/t19-/m0/s1. The predicted octanol–water partition coefficient (Wildman–Crippen LogP) is 3.67. The number of nitrogens with one attached hydrogen (secondary N) is 1. The molecule has 0 radical (unpaired) electrons. The Hall–Kier alpha value is -1.94. The molecule has 1 aromatic heterocycles. The van der Waals surface area contributed by atoms with E-state index in [9.17, 15) is 18.0 Å². The number of rotatable bonds is 8. The molecule has 0 bridgehead atoms. The Labute approximate surface area is 197 Å². The van der Waals surface area contributed by atoms with Crippen LogP contribution in [0.25, 0.3) is 0 Å². The second-order valence-electron chi connectivity index (χ2n) is 8.05. The topological polar surface area (TPSA) is 86.8 Å². The fourth-order valence-electron chi connectivity index (χ4n) is 4.28. The van der Waals surface area contributed by atoms with Crippen LogP contribution in [0.1, 0.15) is 53.4 Å². The van der Waals surface area contributed by atoms with Gasteiger partial charge in [0.25, 0.3) is 5.91 Å². The SMILES string of the molecule is O=C1CCCN1CCCNS(=O)(=O)c1ccc(Cl)c(C(=O)N2CCC[C@H]2c2cccs2)c1. The lowest BCUT2D eigenvalue weighted by Gasteiger charge is -2.24. The van der Waals surface area contributed by atoms with Crippen LogP contribution in [0.15, 0.2) is 40.6 Å². The lowest BCUT2D eigenvalue weighted by molar-refractivity contribution is -0.127. The molecule has 0 saturated carbocycles. The highest BCUT2D eigenvalue weighted by Gasteiger charge is 2.32. The maximum absolute atomic E-state index is 13.3. The van der Waals surface area contributed by atoms with Gasteiger partial charge in [0.2, 0.25) is 15.9 Å². The van der Waals surface area contributed by atoms with Crippen molar-refractivity contribution in [1.29, 1.82) is 0 Å². The second-order valence-corrected chi connectivity index (χ2v) is 11.2. The summed E-state index contributed by atoms with van der Waals surface area (Å²) in [4.78, 5) is 29.6. The third-order valence-corrected chi connectivity index (χ3v) is 8.69. The average Bonchev–Trinajstić information content (AvgIpc) is 3.52. The largest absolute Gasteiger partial charge is 0.343 e. The van der Waals surface area contributed by atoms with Crippen LogP contribution in [0.2, 0.25) is 5.02 Å². The summed E-state index contributed by atoms with van der Waals surface area (Å²) in [5, 5.41) is 2.22. The molecule has 1 atom stereocenters. The number of nitrogens with zero attached hydrogens (tertiary/aromatic N) is 2. The molecule has 3 heterocycles. The molecular weight excluding hydrogens is 470 g/mol. The number of sulfonamides is 1. The summed E-state index contributed by atoms with van der Waals surface area (Å²) in [7, 11) is -3.80. The van der Waals surface area contributed by atoms with Crippen molar-refractivity contribution >= 4 is 44.8 Å². The predicted molar refractivity (Wildman–Crippen MR) is 124 cm³/mol. The van der Waals surface area contributed by atoms with Gasteiger partial charge in [0, 0.05) is 37.5 Å². The number of hydrogen-bond donors (Lipinski definition) is 1. The van der Waals surface area contributed by atoms with Crippen LogP contribution < -0.4 is 4.72 Å². The molecule has 1 aromatic carbocycles. The lowest BCUT2D eigenvalue weighted by Crippen LogP contribution is -2.32. The van der Waals surface area contributed by atoms with Gasteiger partial charge in [-0.15, -0.1) is 11.3 Å². The number of benzene rings is 1. The van der Waals surface area contributed by atoms with Gasteiger partial charge in [-0.05, 0) is 55.3 Å². The van der Waals surface area contributed by atoms with E-state index in [1.54, 1.807) is 21.1 Å². The van der Waals surface area contributed by atoms with E-state index in [-0.39, 0.29) is 39.9 Å². The van der Waals surface area contributed by atoms with E-state index in [2.05, 4.69) is 4.72 Å². The average molecular weight is 496 g/mol. The van der Waals surface area contributed by atoms with Gasteiger partial charge in [0.05, 0.1) is 21.5 Å². The van der Waals surface area contributed by atoms with Crippen LogP contribution in [0.5, 0.6) is 0 Å². The van der Waals surface area contributed by atoms with E-state index >= 15 is 0 Å². The molecular formula is C22H26ClN3O4S2. The third-order valence-electron chi connectivity index (χ3n) is 5.93. The Morgan fingerprint density at radius 3 is 2.78 bits per heavy atom. The summed E-state index contributed by atoms with van der Waals surface area (Å²) in [6, 6.07) is 8.20. The van der Waals surface area contributed by atoms with E-state index in [1.165, 1.54) is 18.2 Å². The molecule has 2 aliphatic rings. The summed E-state index contributed by atoms with van der Waals surface area (Å²) in [6.07, 6.45) is 3.72. The normalized spacial score (nSPS) is 19.2. The van der Waals surface area contributed by atoms with E-state index in [0.717, 1.165) is 30.7 Å². The highest BCUT2D eigenvalue weighted by Crippen LogP contribution is 2.36. The minimum Gasteiger partial charge on any atom is -0.343 e. The van der Waals surface area contributed by atoms with Crippen molar-refractivity contribution in [2.75, 3.05) is 26.2 Å². The smallest absolute Gasteiger partial charge is 0.255 e. The molecule has 2 amide bonds. The molecule has 32 heavy (non-hydrogen) atoms. The quantitative estimate of drug-likeness (QED) is 0.566. The second kappa shape index (κ2) is 9.91. The van der Waals surface area contributed by atoms with Crippen molar-refractivity contribution in [3.05, 3.63) is 51.2 Å². The molecule has 1 N–H and O–H groups in total. The first-order valence-electron chi connectivity index (χ1n) is 10.8. The number of amides is 2. The van der Waals surface area contributed by atoms with Gasteiger partial charge in [-0.25, -0.2) is 13.1 Å². The fourth-order valence-corrected chi connectivity index (χ4v) is 6.45. The molecule has 0 aliphatic carbocycles. The summed E-state index contributed by atoms with van der Waals surface area (Å²) >= 11 is 7.92. The summed E-state index contributed by atoms with van der Waals surface area (Å²) in [6.45, 7) is 2.09. The van der Waals surface area contributed by atoms with Crippen molar-refractivity contribution in [3.8, 4) is 0 Å². The van der Waals surface area contributed by atoms with E-state index in [1.807, 2.05) is 17.5 Å². The van der Waals surface area contributed by atoms with Crippen LogP contribution in [0.4, 0.5) is 0 Å². The summed E-state index contributed by atoms with van der Waals surface area (Å²) < 4.78 is 28.2. The maximum atomic E-state index is 13.3. The van der Waals surface area contributed by atoms with Crippen LogP contribution in [0, 0.1) is 0 Å². The zero-order valence-corrected chi connectivity index (χ0v) is 20.0. The Kier molecular flexibility index (Phi) is 7.19. The third kappa shape index (κ3) is 5.01. The molecule has 2 aromatic rings. The van der Waals surface area contributed by atoms with E-state index < -0.39 is 10.0 Å². The van der Waals surface area contributed by atoms with Crippen LogP contribution >= 0.6 is 22.9 Å². The minimum absolute atomic E-state index is 0.00868. The zero-order valence-electron chi connectivity index (χ0n) is 17.6. The lowest BCUT2D eigenvalue weighted by atomic mass is 10.1. The summed E-state index contributed by atoms with van der Waals surface area (Å²) in [5.74, 6) is -0.132. The number of hydrogen-bond acceptors (Lipinski definition) is 5. The Morgan fingerprint density at radius 1 is 1.22 bits per heavy atom. The Morgan fingerprint density at radius 2 is 2.06 bits per heavy atom. The van der Waals surface area contributed by atoms with Crippen LogP contribution in [-0.2, 0) is 14.8 Å². The zero-order chi connectivity index (χ0) is 22.7. The van der Waals surface area contributed by atoms with Crippen molar-refractivity contribution in [2.45, 2.75) is 43.0 Å². The van der Waals surface area contributed by atoms with Gasteiger partial charge in [-0.2, -0.15) is 0 Å². The highest BCUT2D eigenvalue weighted by atomic mass is 35.5. The van der Waals surface area contributed by atoms with Crippen molar-refractivity contribution in [3.63, 3.8) is 0 Å². The monoisotopic (exact) mass is 495 g/mol. The van der Waals surface area contributed by atoms with Crippen molar-refractivity contribution in [1.82, 2.24) is 14.5 Å². The van der Waals surface area contributed by atoms with Crippen molar-refractivity contribution < 1.29 is 18.0 Å². The molecule has 2 aliphatic heterocycles. The minimum atomic E-state index is -3.80. The number of carbonyl (C=O) groups is 2. The molecule has 2 saturated heterocycles.